The predicted molar refractivity (Wildman–Crippen MR) is 105 cm³/mol. The van der Waals surface area contributed by atoms with Gasteiger partial charge in [0.25, 0.3) is 0 Å². The van der Waals surface area contributed by atoms with Crippen LogP contribution in [0.25, 0.3) is 11.3 Å². The average molecular weight is 387 g/mol. The van der Waals surface area contributed by atoms with E-state index in [0.29, 0.717) is 12.2 Å². The largest absolute Gasteiger partial charge is 0.316 e. The third kappa shape index (κ3) is 4.10. The Bertz CT molecular complexity index is 1020. The molecule has 0 atom stereocenters. The minimum Gasteiger partial charge on any atom is -0.316 e. The zero-order valence-electron chi connectivity index (χ0n) is 15.3. The molecule has 0 fully saturated rings. The summed E-state index contributed by atoms with van der Waals surface area (Å²) in [6.07, 6.45) is 1.54. The van der Waals surface area contributed by atoms with Gasteiger partial charge in [-0.2, -0.15) is 12.7 Å². The first kappa shape index (κ1) is 19.3. The lowest BCUT2D eigenvalue weighted by Crippen LogP contribution is -2.32. The highest BCUT2D eigenvalue weighted by Gasteiger charge is 2.25. The van der Waals surface area contributed by atoms with Crippen molar-refractivity contribution in [1.29, 1.82) is 0 Å². The van der Waals surface area contributed by atoms with Crippen LogP contribution in [0.3, 0.4) is 0 Å². The maximum atomic E-state index is 14.3. The Morgan fingerprint density at radius 1 is 1.04 bits per heavy atom. The van der Waals surface area contributed by atoms with Crippen LogP contribution < -0.4 is 5.32 Å². The van der Waals surface area contributed by atoms with Gasteiger partial charge in [-0.15, -0.1) is 0 Å². The molecule has 0 aliphatic carbocycles. The van der Waals surface area contributed by atoms with Crippen LogP contribution in [0.1, 0.15) is 11.1 Å². The molecule has 2 aromatic carbocycles. The summed E-state index contributed by atoms with van der Waals surface area (Å²) in [4.78, 5) is 0. The fourth-order valence-corrected chi connectivity index (χ4v) is 4.21. The summed E-state index contributed by atoms with van der Waals surface area (Å²) in [7, 11) is -0.582. The van der Waals surface area contributed by atoms with Crippen LogP contribution in [0, 0.1) is 5.82 Å². The van der Waals surface area contributed by atoms with Gasteiger partial charge in [-0.25, -0.2) is 8.36 Å². The van der Waals surface area contributed by atoms with Crippen molar-refractivity contribution in [3.05, 3.63) is 83.8 Å². The molecule has 1 N–H and O–H groups in total. The number of hydrogen-bond acceptors (Lipinski definition) is 3. The van der Waals surface area contributed by atoms with Gasteiger partial charge in [0.2, 0.25) is 0 Å². The minimum absolute atomic E-state index is 0.222. The molecule has 0 unspecified atom stereocenters. The second-order valence-corrected chi connectivity index (χ2v) is 8.20. The molecule has 0 aliphatic heterocycles. The molecule has 0 spiro atoms. The van der Waals surface area contributed by atoms with Crippen LogP contribution in [0.15, 0.2) is 66.9 Å². The smallest absolute Gasteiger partial charge is 0.308 e. The summed E-state index contributed by atoms with van der Waals surface area (Å²) in [6, 6.07) is 17.2. The van der Waals surface area contributed by atoms with Crippen molar-refractivity contribution in [3.63, 3.8) is 0 Å². The average Bonchev–Trinajstić information content (AvgIpc) is 3.08. The van der Waals surface area contributed by atoms with Crippen molar-refractivity contribution in [2.24, 2.45) is 0 Å². The molecule has 0 amide bonds. The van der Waals surface area contributed by atoms with Gasteiger partial charge in [-0.05, 0) is 36.4 Å². The number of nitrogens with zero attached hydrogens (tertiary/aromatic N) is 2. The zero-order chi connectivity index (χ0) is 19.4. The minimum atomic E-state index is -3.87. The quantitative estimate of drug-likeness (QED) is 0.677. The molecular weight excluding hydrogens is 365 g/mol. The molecule has 3 aromatic rings. The van der Waals surface area contributed by atoms with E-state index < -0.39 is 16.0 Å². The maximum absolute atomic E-state index is 14.3. The Kier molecular flexibility index (Phi) is 5.74. The lowest BCUT2D eigenvalue weighted by atomic mass is 10.1. The van der Waals surface area contributed by atoms with E-state index in [-0.39, 0.29) is 12.1 Å². The van der Waals surface area contributed by atoms with E-state index in [2.05, 4.69) is 5.32 Å². The molecule has 1 aromatic heterocycles. The molecule has 27 heavy (non-hydrogen) atoms. The summed E-state index contributed by atoms with van der Waals surface area (Å²) in [5, 5.41) is 3.00. The number of hydrogen-bond donors (Lipinski definition) is 1. The van der Waals surface area contributed by atoms with E-state index in [1.165, 1.54) is 23.6 Å². The standard InChI is InChI=1S/C20H22FN3O2S/c1-22-13-17-12-20(18-10-6-7-11-19(18)21)24(15-17)27(25,26)23(2)14-16-8-4-3-5-9-16/h3-12,15,22H,13-14H2,1-2H3. The Labute approximate surface area is 159 Å². The fraction of sp³-hybridized carbons (Fsp3) is 0.200. The Morgan fingerprint density at radius 2 is 1.70 bits per heavy atom. The third-order valence-corrected chi connectivity index (χ3v) is 5.98. The first-order valence-electron chi connectivity index (χ1n) is 8.55. The number of benzene rings is 2. The van der Waals surface area contributed by atoms with Crippen molar-refractivity contribution < 1.29 is 12.8 Å². The van der Waals surface area contributed by atoms with Gasteiger partial charge < -0.3 is 5.32 Å². The maximum Gasteiger partial charge on any atom is 0.308 e. The number of aromatic nitrogens is 1. The summed E-state index contributed by atoms with van der Waals surface area (Å²) in [5.74, 6) is -0.464. The second-order valence-electron chi connectivity index (χ2n) is 6.29. The highest BCUT2D eigenvalue weighted by atomic mass is 32.2. The summed E-state index contributed by atoms with van der Waals surface area (Å²) in [6.45, 7) is 0.700. The SMILES string of the molecule is CNCc1cc(-c2ccccc2F)n(S(=O)(=O)N(C)Cc2ccccc2)c1. The molecule has 3 rings (SSSR count). The lowest BCUT2D eigenvalue weighted by molar-refractivity contribution is 0.459. The van der Waals surface area contributed by atoms with Crippen molar-refractivity contribution in [1.82, 2.24) is 13.6 Å². The number of nitrogens with one attached hydrogen (secondary N) is 1. The molecule has 5 nitrogen and oxygen atoms in total. The first-order valence-corrected chi connectivity index (χ1v) is 9.94. The third-order valence-electron chi connectivity index (χ3n) is 4.26. The Balaban J connectivity index is 2.05. The molecule has 142 valence electrons. The van der Waals surface area contributed by atoms with Crippen LogP contribution in [0.5, 0.6) is 0 Å². The van der Waals surface area contributed by atoms with Gasteiger partial charge in [-0.3, -0.25) is 0 Å². The monoisotopic (exact) mass is 387 g/mol. The van der Waals surface area contributed by atoms with Crippen molar-refractivity contribution in [2.45, 2.75) is 13.1 Å². The molecule has 0 saturated carbocycles. The molecule has 0 bridgehead atoms. The Hall–Kier alpha value is -2.48. The van der Waals surface area contributed by atoms with Gasteiger partial charge in [0.15, 0.2) is 0 Å². The van der Waals surface area contributed by atoms with Gasteiger partial charge in [-0.1, -0.05) is 42.5 Å². The molecule has 7 heteroatoms. The molecule has 1 heterocycles. The first-order chi connectivity index (χ1) is 12.9. The normalized spacial score (nSPS) is 11.9. The van der Waals surface area contributed by atoms with Crippen LogP contribution in [-0.4, -0.2) is 30.8 Å². The molecule has 0 radical (unpaired) electrons. The van der Waals surface area contributed by atoms with Gasteiger partial charge in [0.1, 0.15) is 5.82 Å². The molecule has 0 aliphatic rings. The summed E-state index contributed by atoms with van der Waals surface area (Å²) < 4.78 is 43.2. The van der Waals surface area contributed by atoms with E-state index >= 15 is 0 Å². The van der Waals surface area contributed by atoms with E-state index in [0.717, 1.165) is 15.1 Å². The zero-order valence-corrected chi connectivity index (χ0v) is 16.1. The van der Waals surface area contributed by atoms with Crippen LogP contribution in [0.2, 0.25) is 0 Å². The second kappa shape index (κ2) is 8.04. The van der Waals surface area contributed by atoms with Crippen LogP contribution in [-0.2, 0) is 23.3 Å². The topological polar surface area (TPSA) is 54.3 Å². The van der Waals surface area contributed by atoms with E-state index in [1.54, 1.807) is 31.3 Å². The predicted octanol–water partition coefficient (Wildman–Crippen LogP) is 3.24. The van der Waals surface area contributed by atoms with Gasteiger partial charge >= 0.3 is 10.2 Å². The van der Waals surface area contributed by atoms with Gasteiger partial charge in [0, 0.05) is 31.9 Å². The van der Waals surface area contributed by atoms with Crippen LogP contribution in [0.4, 0.5) is 4.39 Å². The molecule has 0 saturated heterocycles. The number of halogens is 1. The highest BCUT2D eigenvalue weighted by Crippen LogP contribution is 2.28. The van der Waals surface area contributed by atoms with Crippen LogP contribution >= 0.6 is 0 Å². The highest BCUT2D eigenvalue weighted by molar-refractivity contribution is 7.87. The van der Waals surface area contributed by atoms with Crippen molar-refractivity contribution in [3.8, 4) is 11.3 Å². The van der Waals surface area contributed by atoms with E-state index in [9.17, 15) is 12.8 Å². The fourth-order valence-electron chi connectivity index (χ4n) is 2.93. The Morgan fingerprint density at radius 3 is 2.37 bits per heavy atom. The van der Waals surface area contributed by atoms with Crippen molar-refractivity contribution in [2.75, 3.05) is 14.1 Å². The van der Waals surface area contributed by atoms with E-state index in [4.69, 9.17) is 0 Å². The van der Waals surface area contributed by atoms with Crippen molar-refractivity contribution >= 4 is 10.2 Å². The summed E-state index contributed by atoms with van der Waals surface area (Å²) >= 11 is 0. The lowest BCUT2D eigenvalue weighted by Gasteiger charge is -2.20. The van der Waals surface area contributed by atoms with E-state index in [1.807, 2.05) is 30.3 Å². The molecular formula is C20H22FN3O2S. The summed E-state index contributed by atoms with van der Waals surface area (Å²) in [5.41, 5.74) is 2.18. The van der Waals surface area contributed by atoms with Gasteiger partial charge in [0.05, 0.1) is 5.69 Å². The number of rotatable bonds is 7.